The summed E-state index contributed by atoms with van der Waals surface area (Å²) in [4.78, 5) is 45.1. The van der Waals surface area contributed by atoms with Gasteiger partial charge in [0.1, 0.15) is 11.5 Å². The molecule has 3 aromatic rings. The molecule has 0 unspecified atom stereocenters. The van der Waals surface area contributed by atoms with Crippen LogP contribution in [0.25, 0.3) is 0 Å². The number of esters is 1. The Bertz CT molecular complexity index is 1460. The van der Waals surface area contributed by atoms with Crippen molar-refractivity contribution in [1.82, 2.24) is 19.9 Å². The van der Waals surface area contributed by atoms with Gasteiger partial charge in [-0.15, -0.1) is 0 Å². The molecule has 1 fully saturated rings. The molecule has 0 radical (unpaired) electrons. The number of amides is 1. The molecule has 0 atom stereocenters. The molecule has 2 aromatic heterocycles. The van der Waals surface area contributed by atoms with Gasteiger partial charge in [-0.2, -0.15) is 0 Å². The van der Waals surface area contributed by atoms with Crippen LogP contribution in [0.15, 0.2) is 42.7 Å². The van der Waals surface area contributed by atoms with Crippen LogP contribution in [0.1, 0.15) is 61.2 Å². The van der Waals surface area contributed by atoms with Crippen molar-refractivity contribution in [3.05, 3.63) is 70.5 Å². The Morgan fingerprint density at radius 1 is 1.05 bits per heavy atom. The Labute approximate surface area is 237 Å². The van der Waals surface area contributed by atoms with Crippen molar-refractivity contribution in [3.8, 4) is 0 Å². The fraction of sp³-hybridized carbons (Fsp3) is 0.414. The molecule has 1 saturated heterocycles. The van der Waals surface area contributed by atoms with Crippen LogP contribution in [0.2, 0.25) is 5.02 Å². The summed E-state index contributed by atoms with van der Waals surface area (Å²) in [7, 11) is 0. The smallest absolute Gasteiger partial charge is 0.341 e. The molecule has 0 aliphatic carbocycles. The fourth-order valence-electron chi connectivity index (χ4n) is 5.37. The van der Waals surface area contributed by atoms with Gasteiger partial charge in [0.25, 0.3) is 5.91 Å². The Hall–Kier alpha value is -3.79. The van der Waals surface area contributed by atoms with Crippen LogP contribution < -0.4 is 9.80 Å². The van der Waals surface area contributed by atoms with Crippen LogP contribution in [0.4, 0.5) is 21.7 Å². The zero-order valence-electron chi connectivity index (χ0n) is 23.2. The lowest BCUT2D eigenvalue weighted by Crippen LogP contribution is -2.61. The zero-order valence-corrected chi connectivity index (χ0v) is 24.0. The predicted molar refractivity (Wildman–Crippen MR) is 151 cm³/mol. The molecule has 2 aliphatic heterocycles. The average Bonchev–Trinajstić information content (AvgIpc) is 3.19. The zero-order chi connectivity index (χ0) is 28.8. The molecular formula is C29H32ClFN6O3. The van der Waals surface area contributed by atoms with Gasteiger partial charge in [-0.25, -0.2) is 24.1 Å². The van der Waals surface area contributed by atoms with E-state index in [4.69, 9.17) is 21.3 Å². The quantitative estimate of drug-likeness (QED) is 0.398. The standard InChI is InChI=1S/C29H32ClFN6O3/c1-6-40-26(39)18-14-32-27(33-15-18)35-11-12-37(29(4,5)17-35)25(38)22-9-10-23-24(34-22)28(2,3)16-36(23)19-7-8-20(30)21(31)13-19/h7-10,13-15H,6,11-12,16-17H2,1-5H3. The van der Waals surface area contributed by atoms with E-state index < -0.39 is 17.3 Å². The molecule has 5 rings (SSSR count). The van der Waals surface area contributed by atoms with Gasteiger partial charge in [-0.05, 0) is 51.1 Å². The second kappa shape index (κ2) is 10.3. The summed E-state index contributed by atoms with van der Waals surface area (Å²) in [5.74, 6) is -0.604. The van der Waals surface area contributed by atoms with E-state index in [0.29, 0.717) is 49.1 Å². The first kappa shape index (κ1) is 27.8. The third-order valence-corrected chi connectivity index (χ3v) is 7.68. The molecule has 0 N–H and O–H groups in total. The molecule has 11 heteroatoms. The van der Waals surface area contributed by atoms with Crippen molar-refractivity contribution < 1.29 is 18.7 Å². The highest BCUT2D eigenvalue weighted by atomic mass is 35.5. The van der Waals surface area contributed by atoms with Gasteiger partial charge in [-0.1, -0.05) is 25.4 Å². The first-order chi connectivity index (χ1) is 18.9. The number of aromatic nitrogens is 3. The summed E-state index contributed by atoms with van der Waals surface area (Å²) in [5, 5.41) is 0.0736. The number of benzene rings is 1. The highest BCUT2D eigenvalue weighted by Crippen LogP contribution is 2.44. The topological polar surface area (TPSA) is 91.8 Å². The summed E-state index contributed by atoms with van der Waals surface area (Å²) in [6, 6.07) is 8.37. The summed E-state index contributed by atoms with van der Waals surface area (Å²) >= 11 is 5.89. The number of carbonyl (C=O) groups is 2. The predicted octanol–water partition coefficient (Wildman–Crippen LogP) is 5.01. The highest BCUT2D eigenvalue weighted by Gasteiger charge is 2.41. The molecule has 1 aromatic carbocycles. The van der Waals surface area contributed by atoms with Gasteiger partial charge in [-0.3, -0.25) is 4.79 Å². The van der Waals surface area contributed by atoms with Crippen LogP contribution in [-0.2, 0) is 10.2 Å². The fourth-order valence-corrected chi connectivity index (χ4v) is 5.49. The summed E-state index contributed by atoms with van der Waals surface area (Å²) in [6.45, 7) is 12.2. The maximum Gasteiger partial charge on any atom is 0.341 e. The van der Waals surface area contributed by atoms with Crippen LogP contribution in [0, 0.1) is 5.82 Å². The van der Waals surface area contributed by atoms with Gasteiger partial charge in [0, 0.05) is 49.7 Å². The number of fused-ring (bicyclic) bond motifs is 1. The number of halogens is 2. The normalized spacial score (nSPS) is 17.5. The van der Waals surface area contributed by atoms with E-state index in [1.807, 2.05) is 34.6 Å². The highest BCUT2D eigenvalue weighted by molar-refractivity contribution is 6.30. The van der Waals surface area contributed by atoms with Crippen molar-refractivity contribution in [1.29, 1.82) is 0 Å². The number of hydrogen-bond donors (Lipinski definition) is 0. The number of anilines is 3. The van der Waals surface area contributed by atoms with Crippen molar-refractivity contribution in [2.45, 2.75) is 45.6 Å². The molecule has 9 nitrogen and oxygen atoms in total. The lowest BCUT2D eigenvalue weighted by atomic mass is 9.91. The molecule has 2 aliphatic rings. The molecule has 0 bridgehead atoms. The maximum atomic E-state index is 14.2. The molecule has 0 saturated carbocycles. The Kier molecular flexibility index (Phi) is 7.16. The van der Waals surface area contributed by atoms with E-state index in [1.165, 1.54) is 18.5 Å². The summed E-state index contributed by atoms with van der Waals surface area (Å²) < 4.78 is 19.2. The lowest BCUT2D eigenvalue weighted by molar-refractivity contribution is 0.0500. The van der Waals surface area contributed by atoms with Crippen molar-refractivity contribution in [3.63, 3.8) is 0 Å². The SMILES string of the molecule is CCOC(=O)c1cnc(N2CCN(C(=O)c3ccc4c(n3)C(C)(C)CN4c3ccc(Cl)c(F)c3)C(C)(C)C2)nc1. The van der Waals surface area contributed by atoms with E-state index in [1.54, 1.807) is 25.1 Å². The average molecular weight is 567 g/mol. The minimum absolute atomic E-state index is 0.0736. The van der Waals surface area contributed by atoms with Crippen molar-refractivity contribution in [2.24, 2.45) is 0 Å². The summed E-state index contributed by atoms with van der Waals surface area (Å²) in [5.41, 5.74) is 2.09. The van der Waals surface area contributed by atoms with Gasteiger partial charge in [0.15, 0.2) is 0 Å². The van der Waals surface area contributed by atoms with Gasteiger partial charge in [0.05, 0.1) is 34.1 Å². The minimum atomic E-state index is -0.540. The van der Waals surface area contributed by atoms with Gasteiger partial charge >= 0.3 is 5.97 Å². The molecule has 4 heterocycles. The third kappa shape index (κ3) is 5.08. The largest absolute Gasteiger partial charge is 0.462 e. The number of rotatable bonds is 5. The third-order valence-electron chi connectivity index (χ3n) is 7.37. The van der Waals surface area contributed by atoms with E-state index in [0.717, 1.165) is 11.4 Å². The van der Waals surface area contributed by atoms with Crippen LogP contribution in [0.3, 0.4) is 0 Å². The number of piperazine rings is 1. The van der Waals surface area contributed by atoms with Crippen molar-refractivity contribution in [2.75, 3.05) is 42.6 Å². The second-order valence-electron chi connectivity index (χ2n) is 11.3. The number of nitrogens with zero attached hydrogens (tertiary/aromatic N) is 6. The Morgan fingerprint density at radius 2 is 1.77 bits per heavy atom. The molecule has 40 heavy (non-hydrogen) atoms. The van der Waals surface area contributed by atoms with Gasteiger partial charge in [0.2, 0.25) is 5.95 Å². The number of ether oxygens (including phenoxy) is 1. The Balaban J connectivity index is 1.35. The maximum absolute atomic E-state index is 14.2. The second-order valence-corrected chi connectivity index (χ2v) is 11.7. The summed E-state index contributed by atoms with van der Waals surface area (Å²) in [6.07, 6.45) is 2.92. The van der Waals surface area contributed by atoms with E-state index in [9.17, 15) is 14.0 Å². The monoisotopic (exact) mass is 566 g/mol. The van der Waals surface area contributed by atoms with Crippen LogP contribution in [-0.4, -0.2) is 70.1 Å². The van der Waals surface area contributed by atoms with E-state index in [-0.39, 0.29) is 23.0 Å². The number of carbonyl (C=O) groups excluding carboxylic acids is 2. The lowest BCUT2D eigenvalue weighted by Gasteiger charge is -2.47. The van der Waals surface area contributed by atoms with Crippen LogP contribution >= 0.6 is 11.6 Å². The minimum Gasteiger partial charge on any atom is -0.462 e. The molecule has 210 valence electrons. The van der Waals surface area contributed by atoms with Gasteiger partial charge < -0.3 is 19.4 Å². The first-order valence-corrected chi connectivity index (χ1v) is 13.6. The Morgan fingerprint density at radius 3 is 2.42 bits per heavy atom. The van der Waals surface area contributed by atoms with E-state index >= 15 is 0 Å². The first-order valence-electron chi connectivity index (χ1n) is 13.2. The van der Waals surface area contributed by atoms with E-state index in [2.05, 4.69) is 23.8 Å². The molecule has 0 spiro atoms. The molecular weight excluding hydrogens is 535 g/mol. The van der Waals surface area contributed by atoms with Crippen LogP contribution in [0.5, 0.6) is 0 Å². The number of hydrogen-bond acceptors (Lipinski definition) is 8. The molecule has 1 amide bonds. The number of pyridine rings is 1. The van der Waals surface area contributed by atoms with Crippen molar-refractivity contribution >= 4 is 40.8 Å².